The zero-order chi connectivity index (χ0) is 20.9. The molecule has 2 aromatic carbocycles. The number of nitrogens with one attached hydrogen (secondary N) is 2. The number of nitrogens with zero attached hydrogens (tertiary/aromatic N) is 1. The van der Waals surface area contributed by atoms with E-state index in [0.717, 1.165) is 25.0 Å². The molecule has 2 N–H and O–H groups in total. The zero-order valence-electron chi connectivity index (χ0n) is 16.7. The predicted molar refractivity (Wildman–Crippen MR) is 112 cm³/mol. The Hall–Kier alpha value is -3.45. The third-order valence-corrected chi connectivity index (χ3v) is 5.07. The number of anilines is 1. The molecule has 0 bridgehead atoms. The van der Waals surface area contributed by atoms with Crippen LogP contribution < -0.4 is 10.6 Å². The fraction of sp³-hybridized carbons (Fsp3) is 0.261. The van der Waals surface area contributed by atoms with Crippen molar-refractivity contribution in [3.05, 3.63) is 71.5 Å². The van der Waals surface area contributed by atoms with E-state index >= 15 is 0 Å². The molecule has 1 fully saturated rings. The maximum Gasteiger partial charge on any atom is 0.261 e. The molecule has 1 saturated heterocycles. The van der Waals surface area contributed by atoms with Gasteiger partial charge in [0.1, 0.15) is 17.0 Å². The Morgan fingerprint density at radius 1 is 1.07 bits per heavy atom. The lowest BCUT2D eigenvalue weighted by molar-refractivity contribution is 0.0858. The molecule has 7 heteroatoms. The molecule has 1 atom stereocenters. The monoisotopic (exact) mass is 405 g/mol. The van der Waals surface area contributed by atoms with Crippen LogP contribution in [0.1, 0.15) is 39.3 Å². The molecule has 2 amide bonds. The van der Waals surface area contributed by atoms with Crippen molar-refractivity contribution < 1.29 is 18.8 Å². The lowest BCUT2D eigenvalue weighted by Crippen LogP contribution is -2.32. The highest BCUT2D eigenvalue weighted by atomic mass is 16.5. The lowest BCUT2D eigenvalue weighted by atomic mass is 10.1. The maximum atomic E-state index is 13.1. The topological polar surface area (TPSA) is 93.5 Å². The molecule has 30 heavy (non-hydrogen) atoms. The van der Waals surface area contributed by atoms with Crippen LogP contribution in [0.25, 0.3) is 11.3 Å². The summed E-state index contributed by atoms with van der Waals surface area (Å²) in [4.78, 5) is 25.8. The van der Waals surface area contributed by atoms with Crippen LogP contribution in [-0.4, -0.2) is 36.2 Å². The van der Waals surface area contributed by atoms with Crippen LogP contribution in [0.2, 0.25) is 0 Å². The molecule has 0 spiro atoms. The number of para-hydroxylation sites is 1. The van der Waals surface area contributed by atoms with E-state index in [2.05, 4.69) is 15.8 Å². The number of benzene rings is 2. The van der Waals surface area contributed by atoms with Crippen molar-refractivity contribution in [3.8, 4) is 11.3 Å². The molecule has 1 aliphatic rings. The largest absolute Gasteiger partial charge is 0.376 e. The molecule has 0 aliphatic carbocycles. The van der Waals surface area contributed by atoms with Gasteiger partial charge in [0, 0.05) is 18.7 Å². The molecule has 1 unspecified atom stereocenters. The Balaban J connectivity index is 1.53. The van der Waals surface area contributed by atoms with E-state index in [9.17, 15) is 9.59 Å². The standard InChI is InChI=1S/C23H23N3O4/c1-15-20(21(26-30-15)16-8-3-2-4-9-16)23(28)25-19-12-6-5-11-18(19)22(27)24-14-17-10-7-13-29-17/h2-6,8-9,11-12,17H,7,10,13-14H2,1H3,(H,24,27)(H,25,28). The van der Waals surface area contributed by atoms with E-state index in [1.807, 2.05) is 30.3 Å². The third kappa shape index (κ3) is 4.26. The van der Waals surface area contributed by atoms with Gasteiger partial charge < -0.3 is 19.9 Å². The van der Waals surface area contributed by atoms with Crippen LogP contribution in [0.3, 0.4) is 0 Å². The second-order valence-electron chi connectivity index (χ2n) is 7.17. The van der Waals surface area contributed by atoms with Crippen LogP contribution in [0, 0.1) is 6.92 Å². The minimum Gasteiger partial charge on any atom is -0.376 e. The number of carbonyl (C=O) groups is 2. The van der Waals surface area contributed by atoms with E-state index in [1.165, 1.54) is 0 Å². The summed E-state index contributed by atoms with van der Waals surface area (Å²) in [5, 5.41) is 9.78. The summed E-state index contributed by atoms with van der Waals surface area (Å²) < 4.78 is 10.8. The summed E-state index contributed by atoms with van der Waals surface area (Å²) in [5.41, 5.74) is 2.40. The Morgan fingerprint density at radius 2 is 1.83 bits per heavy atom. The van der Waals surface area contributed by atoms with Gasteiger partial charge in [0.25, 0.3) is 11.8 Å². The molecule has 154 valence electrons. The fourth-order valence-electron chi connectivity index (χ4n) is 3.51. The summed E-state index contributed by atoms with van der Waals surface area (Å²) >= 11 is 0. The van der Waals surface area contributed by atoms with Crippen molar-refractivity contribution in [2.75, 3.05) is 18.5 Å². The minimum atomic E-state index is -0.382. The van der Waals surface area contributed by atoms with Gasteiger partial charge in [0.05, 0.1) is 17.4 Å². The third-order valence-electron chi connectivity index (χ3n) is 5.07. The smallest absolute Gasteiger partial charge is 0.261 e. The summed E-state index contributed by atoms with van der Waals surface area (Å²) in [7, 11) is 0. The molecule has 4 rings (SSSR count). The average Bonchev–Trinajstić information content (AvgIpc) is 3.42. The van der Waals surface area contributed by atoms with E-state index < -0.39 is 0 Å². The van der Waals surface area contributed by atoms with Crippen LogP contribution in [-0.2, 0) is 4.74 Å². The molecule has 0 saturated carbocycles. The SMILES string of the molecule is Cc1onc(-c2ccccc2)c1C(=O)Nc1ccccc1C(=O)NCC1CCCO1. The van der Waals surface area contributed by atoms with Crippen LogP contribution in [0.4, 0.5) is 5.69 Å². The molecule has 3 aromatic rings. The molecule has 1 aliphatic heterocycles. The van der Waals surface area contributed by atoms with Crippen molar-refractivity contribution >= 4 is 17.5 Å². The number of aryl methyl sites for hydroxylation is 1. The first kappa shape index (κ1) is 19.8. The van der Waals surface area contributed by atoms with Crippen LogP contribution in [0.5, 0.6) is 0 Å². The van der Waals surface area contributed by atoms with E-state index in [0.29, 0.717) is 34.8 Å². The number of aromatic nitrogens is 1. The van der Waals surface area contributed by atoms with Gasteiger partial charge in [-0.25, -0.2) is 0 Å². The second kappa shape index (κ2) is 8.92. The minimum absolute atomic E-state index is 0.0452. The van der Waals surface area contributed by atoms with Crippen molar-refractivity contribution in [1.82, 2.24) is 10.5 Å². The number of rotatable bonds is 6. The van der Waals surface area contributed by atoms with Gasteiger partial charge in [-0.2, -0.15) is 0 Å². The summed E-state index contributed by atoms with van der Waals surface area (Å²) in [6.07, 6.45) is 1.99. The van der Waals surface area contributed by atoms with Crippen molar-refractivity contribution in [2.24, 2.45) is 0 Å². The van der Waals surface area contributed by atoms with Crippen molar-refractivity contribution in [3.63, 3.8) is 0 Å². The lowest BCUT2D eigenvalue weighted by Gasteiger charge is -2.14. The molecular weight excluding hydrogens is 382 g/mol. The molecule has 7 nitrogen and oxygen atoms in total. The number of hydrogen-bond acceptors (Lipinski definition) is 5. The maximum absolute atomic E-state index is 13.1. The van der Waals surface area contributed by atoms with Crippen molar-refractivity contribution in [1.29, 1.82) is 0 Å². The van der Waals surface area contributed by atoms with Gasteiger partial charge >= 0.3 is 0 Å². The van der Waals surface area contributed by atoms with E-state index in [4.69, 9.17) is 9.26 Å². The molecule has 0 radical (unpaired) electrons. The number of amides is 2. The van der Waals surface area contributed by atoms with Gasteiger partial charge in [-0.15, -0.1) is 0 Å². The van der Waals surface area contributed by atoms with Gasteiger partial charge in [0.2, 0.25) is 0 Å². The number of hydrogen-bond donors (Lipinski definition) is 2. The van der Waals surface area contributed by atoms with Gasteiger partial charge in [0.15, 0.2) is 0 Å². The Labute approximate surface area is 174 Å². The highest BCUT2D eigenvalue weighted by molar-refractivity contribution is 6.11. The normalized spacial score (nSPS) is 15.7. The summed E-state index contributed by atoms with van der Waals surface area (Å²) in [5.74, 6) is -0.231. The summed E-state index contributed by atoms with van der Waals surface area (Å²) in [6, 6.07) is 16.3. The molecule has 2 heterocycles. The van der Waals surface area contributed by atoms with Crippen LogP contribution >= 0.6 is 0 Å². The van der Waals surface area contributed by atoms with Crippen LogP contribution in [0.15, 0.2) is 59.1 Å². The fourth-order valence-corrected chi connectivity index (χ4v) is 3.51. The van der Waals surface area contributed by atoms with E-state index in [1.54, 1.807) is 31.2 Å². The van der Waals surface area contributed by atoms with Gasteiger partial charge in [-0.05, 0) is 31.9 Å². The van der Waals surface area contributed by atoms with E-state index in [-0.39, 0.29) is 17.9 Å². The Morgan fingerprint density at radius 3 is 2.60 bits per heavy atom. The molecular formula is C23H23N3O4. The number of ether oxygens (including phenoxy) is 1. The first-order valence-corrected chi connectivity index (χ1v) is 9.95. The first-order chi connectivity index (χ1) is 14.6. The zero-order valence-corrected chi connectivity index (χ0v) is 16.7. The first-order valence-electron chi connectivity index (χ1n) is 9.95. The Kier molecular flexibility index (Phi) is 5.90. The quantitative estimate of drug-likeness (QED) is 0.650. The highest BCUT2D eigenvalue weighted by Crippen LogP contribution is 2.26. The number of carbonyl (C=O) groups excluding carboxylic acids is 2. The van der Waals surface area contributed by atoms with Gasteiger partial charge in [-0.3, -0.25) is 9.59 Å². The second-order valence-corrected chi connectivity index (χ2v) is 7.17. The highest BCUT2D eigenvalue weighted by Gasteiger charge is 2.23. The predicted octanol–water partition coefficient (Wildman–Crippen LogP) is 3.81. The van der Waals surface area contributed by atoms with Gasteiger partial charge in [-0.1, -0.05) is 47.6 Å². The summed E-state index contributed by atoms with van der Waals surface area (Å²) in [6.45, 7) is 2.87. The molecule has 1 aromatic heterocycles. The average molecular weight is 405 g/mol. The van der Waals surface area contributed by atoms with Crippen molar-refractivity contribution in [2.45, 2.75) is 25.9 Å². The Bertz CT molecular complexity index is 1040.